The molecule has 12 heteroatoms. The second-order valence-electron chi connectivity index (χ2n) is 12.0. The lowest BCUT2D eigenvalue weighted by atomic mass is 9.92. The highest BCUT2D eigenvalue weighted by Crippen LogP contribution is 2.45. The molecule has 0 unspecified atom stereocenters. The van der Waals surface area contributed by atoms with E-state index in [4.69, 9.17) is 26.1 Å². The maximum atomic E-state index is 13.7. The summed E-state index contributed by atoms with van der Waals surface area (Å²) in [6.07, 6.45) is 2.20. The monoisotopic (exact) mass is 688 g/mol. The molecule has 0 aliphatic rings. The summed E-state index contributed by atoms with van der Waals surface area (Å²) in [6.45, 7) is 5.49. The third-order valence-corrected chi connectivity index (χ3v) is 8.28. The van der Waals surface area contributed by atoms with Gasteiger partial charge < -0.3 is 31.6 Å². The molecule has 0 saturated heterocycles. The van der Waals surface area contributed by atoms with Gasteiger partial charge in [-0.15, -0.1) is 0 Å². The van der Waals surface area contributed by atoms with Crippen molar-refractivity contribution in [2.24, 2.45) is 16.5 Å². The number of ether oxygens (including phenoxy) is 2. The predicted octanol–water partition coefficient (Wildman–Crippen LogP) is 5.29. The summed E-state index contributed by atoms with van der Waals surface area (Å²) in [6, 6.07) is 29.5. The zero-order valence-corrected chi connectivity index (χ0v) is 28.1. The van der Waals surface area contributed by atoms with Gasteiger partial charge in [-0.2, -0.15) is 0 Å². The van der Waals surface area contributed by atoms with E-state index in [1.54, 1.807) is 30.6 Å². The number of rotatable bonds is 15. The summed E-state index contributed by atoms with van der Waals surface area (Å²) in [5, 5.41) is 18.4. The molecule has 0 aliphatic heterocycles. The van der Waals surface area contributed by atoms with Crippen LogP contribution in [-0.4, -0.2) is 54.2 Å². The van der Waals surface area contributed by atoms with E-state index < -0.39 is 29.9 Å². The Morgan fingerprint density at radius 2 is 1.49 bits per heavy atom. The number of hydrogen-bond donors (Lipinski definition) is 6. The van der Waals surface area contributed by atoms with Crippen LogP contribution >= 0.6 is 0 Å². The second-order valence-corrected chi connectivity index (χ2v) is 12.0. The third kappa shape index (κ3) is 8.61. The first-order valence-corrected chi connectivity index (χ1v) is 16.3. The Balaban J connectivity index is 1.45. The van der Waals surface area contributed by atoms with Gasteiger partial charge in [0.25, 0.3) is 11.8 Å². The van der Waals surface area contributed by atoms with Crippen LogP contribution in [0, 0.1) is 0 Å². The molecule has 1 atom stereocenters. The van der Waals surface area contributed by atoms with E-state index in [1.165, 1.54) is 12.1 Å². The van der Waals surface area contributed by atoms with Gasteiger partial charge in [-0.25, -0.2) is 5.48 Å². The molecule has 5 aromatic rings. The number of guanidine groups is 1. The smallest absolute Gasteiger partial charge is 0.274 e. The van der Waals surface area contributed by atoms with Crippen LogP contribution in [0.15, 0.2) is 115 Å². The van der Waals surface area contributed by atoms with E-state index in [2.05, 4.69) is 22.2 Å². The van der Waals surface area contributed by atoms with Gasteiger partial charge in [0.1, 0.15) is 23.6 Å². The number of anilines is 1. The quantitative estimate of drug-likeness (QED) is 0.0214. The fraction of sp³-hybridized carbons (Fsp3) is 0.179. The van der Waals surface area contributed by atoms with Crippen LogP contribution in [0.2, 0.25) is 0 Å². The molecule has 8 N–H and O–H groups in total. The molecule has 0 radical (unpaired) electrons. The Hall–Kier alpha value is -6.40. The van der Waals surface area contributed by atoms with Crippen LogP contribution in [0.5, 0.6) is 11.5 Å². The summed E-state index contributed by atoms with van der Waals surface area (Å²) in [5.41, 5.74) is 13.1. The molecule has 3 amide bonds. The van der Waals surface area contributed by atoms with Crippen LogP contribution < -0.4 is 37.1 Å². The minimum absolute atomic E-state index is 0.0898. The first kappa shape index (κ1) is 35.9. The lowest BCUT2D eigenvalue weighted by Gasteiger charge is -2.30. The first-order valence-electron chi connectivity index (χ1n) is 16.3. The Morgan fingerprint density at radius 3 is 2.10 bits per heavy atom. The molecular weight excluding hydrogens is 648 g/mol. The van der Waals surface area contributed by atoms with Crippen molar-refractivity contribution in [3.05, 3.63) is 115 Å². The molecule has 0 bridgehead atoms. The van der Waals surface area contributed by atoms with Gasteiger partial charge in [0, 0.05) is 28.9 Å². The lowest BCUT2D eigenvalue weighted by Crippen LogP contribution is -2.55. The van der Waals surface area contributed by atoms with Gasteiger partial charge in [-0.1, -0.05) is 79.4 Å². The first-order chi connectivity index (χ1) is 24.6. The Labute approximate surface area is 295 Å². The molecule has 262 valence electrons. The van der Waals surface area contributed by atoms with Gasteiger partial charge in [-0.05, 0) is 71.6 Å². The number of carbonyl (C=O) groups excluding carboxylic acids is 3. The van der Waals surface area contributed by atoms with Crippen molar-refractivity contribution < 1.29 is 29.1 Å². The Morgan fingerprint density at radius 1 is 0.863 bits per heavy atom. The standard InChI is InChI=1S/C39H40N6O6/c1-3-22-50-31-18-16-25-10-4-6-14-29(25)34(31)35-30-15-7-5-11-26(30)17-19-32(35)51-24-33(46)44-39(2,20-9-21-42-38(40)41)37(48)43-28-13-8-12-27(23-28)36(47)45-49/h3-8,10-19,23,49H,1,9,20-22,24H2,2H3,(H,43,48)(H,44,46)(H,45,47)(H4,40,41,42)/t39-/m0/s1. The number of nitrogens with two attached hydrogens (primary N) is 2. The van der Waals surface area contributed by atoms with Gasteiger partial charge in [0.05, 0.1) is 0 Å². The highest BCUT2D eigenvalue weighted by molar-refractivity contribution is 6.10. The third-order valence-electron chi connectivity index (χ3n) is 8.28. The second kappa shape index (κ2) is 16.3. The van der Waals surface area contributed by atoms with Gasteiger partial charge in [0.2, 0.25) is 5.91 Å². The zero-order chi connectivity index (χ0) is 36.4. The summed E-state index contributed by atoms with van der Waals surface area (Å²) >= 11 is 0. The van der Waals surface area contributed by atoms with E-state index in [-0.39, 0.29) is 36.8 Å². The topological polar surface area (TPSA) is 190 Å². The van der Waals surface area contributed by atoms with E-state index >= 15 is 0 Å². The fourth-order valence-electron chi connectivity index (χ4n) is 5.84. The van der Waals surface area contributed by atoms with E-state index in [1.807, 2.05) is 72.8 Å². The molecule has 0 aromatic heterocycles. The van der Waals surface area contributed by atoms with Crippen LogP contribution in [0.4, 0.5) is 5.69 Å². The van der Waals surface area contributed by atoms with E-state index in [9.17, 15) is 14.4 Å². The summed E-state index contributed by atoms with van der Waals surface area (Å²) in [5.74, 6) is -0.858. The number of hydrogen-bond acceptors (Lipinski definition) is 7. The molecule has 0 saturated carbocycles. The zero-order valence-electron chi connectivity index (χ0n) is 28.1. The van der Waals surface area contributed by atoms with Crippen LogP contribution in [0.25, 0.3) is 32.7 Å². The summed E-state index contributed by atoms with van der Waals surface area (Å²) < 4.78 is 12.4. The molecule has 0 aliphatic carbocycles. The number of aliphatic imine (C=N–C) groups is 1. The molecule has 0 fully saturated rings. The van der Waals surface area contributed by atoms with Crippen molar-refractivity contribution in [1.29, 1.82) is 0 Å². The highest BCUT2D eigenvalue weighted by Gasteiger charge is 2.35. The van der Waals surface area contributed by atoms with Gasteiger partial charge in [-0.3, -0.25) is 24.6 Å². The fourth-order valence-corrected chi connectivity index (χ4v) is 5.84. The predicted molar refractivity (Wildman–Crippen MR) is 199 cm³/mol. The lowest BCUT2D eigenvalue weighted by molar-refractivity contribution is -0.131. The molecule has 0 spiro atoms. The molecule has 5 rings (SSSR count). The van der Waals surface area contributed by atoms with E-state index in [0.717, 1.165) is 32.7 Å². The van der Waals surface area contributed by atoms with Crippen molar-refractivity contribution in [3.8, 4) is 22.6 Å². The summed E-state index contributed by atoms with van der Waals surface area (Å²) in [4.78, 5) is 43.3. The maximum absolute atomic E-state index is 13.7. The molecule has 51 heavy (non-hydrogen) atoms. The molecule has 5 aromatic carbocycles. The largest absolute Gasteiger partial charge is 0.489 e. The van der Waals surface area contributed by atoms with Gasteiger partial charge >= 0.3 is 0 Å². The van der Waals surface area contributed by atoms with Crippen molar-refractivity contribution in [3.63, 3.8) is 0 Å². The Kier molecular flexibility index (Phi) is 11.5. The van der Waals surface area contributed by atoms with E-state index in [0.29, 0.717) is 17.9 Å². The summed E-state index contributed by atoms with van der Waals surface area (Å²) in [7, 11) is 0. The van der Waals surface area contributed by atoms with Crippen LogP contribution in [0.1, 0.15) is 30.1 Å². The number of amides is 3. The van der Waals surface area contributed by atoms with Crippen molar-refractivity contribution in [2.45, 2.75) is 25.3 Å². The molecule has 12 nitrogen and oxygen atoms in total. The number of hydroxylamine groups is 1. The molecular formula is C39H40N6O6. The average Bonchev–Trinajstić information content (AvgIpc) is 3.14. The highest BCUT2D eigenvalue weighted by atomic mass is 16.5. The van der Waals surface area contributed by atoms with Gasteiger partial charge in [0.15, 0.2) is 12.6 Å². The van der Waals surface area contributed by atoms with Crippen molar-refractivity contribution >= 4 is 50.9 Å². The number of fused-ring (bicyclic) bond motifs is 2. The van der Waals surface area contributed by atoms with Crippen LogP contribution in [0.3, 0.4) is 0 Å². The Bertz CT molecular complexity index is 2110. The normalized spacial score (nSPS) is 12.0. The van der Waals surface area contributed by atoms with Crippen LogP contribution in [-0.2, 0) is 9.59 Å². The maximum Gasteiger partial charge on any atom is 0.274 e. The minimum Gasteiger partial charge on any atom is -0.489 e. The number of nitrogens with zero attached hydrogens (tertiary/aromatic N) is 1. The number of carbonyl (C=O) groups is 3. The van der Waals surface area contributed by atoms with Crippen molar-refractivity contribution in [2.75, 3.05) is 25.1 Å². The molecule has 0 heterocycles. The van der Waals surface area contributed by atoms with Crippen molar-refractivity contribution in [1.82, 2.24) is 10.8 Å². The minimum atomic E-state index is -1.44. The number of nitrogens with one attached hydrogen (secondary N) is 3. The number of benzene rings is 5. The average molecular weight is 689 g/mol. The SMILES string of the molecule is C=CCOc1ccc2ccccc2c1-c1c(OCC(=O)N[C@@](C)(CCCN=C(N)N)C(=O)Nc2cccc(C(=O)NO)c2)ccc2ccccc12.